The molecule has 0 bridgehead atoms. The molecular formula is C29H34N6O4. The van der Waals surface area contributed by atoms with Crippen molar-refractivity contribution in [1.29, 1.82) is 5.41 Å². The number of likely N-dealkylation sites (tertiary alicyclic amines) is 1. The second-order valence-electron chi connectivity index (χ2n) is 10.2. The fourth-order valence-electron chi connectivity index (χ4n) is 5.81. The number of nitrogens with two attached hydrogens (primary N) is 1. The monoisotopic (exact) mass is 530 g/mol. The highest BCUT2D eigenvalue weighted by atomic mass is 16.5. The predicted molar refractivity (Wildman–Crippen MR) is 150 cm³/mol. The quantitative estimate of drug-likeness (QED) is 0.494. The van der Waals surface area contributed by atoms with Crippen molar-refractivity contribution >= 4 is 41.0 Å². The minimum Gasteiger partial charge on any atom is -0.496 e. The van der Waals surface area contributed by atoms with E-state index in [2.05, 4.69) is 5.32 Å². The van der Waals surface area contributed by atoms with Gasteiger partial charge in [0.1, 0.15) is 5.75 Å². The van der Waals surface area contributed by atoms with Crippen LogP contribution in [0.1, 0.15) is 41.6 Å². The first kappa shape index (κ1) is 26.3. The summed E-state index contributed by atoms with van der Waals surface area (Å²) < 4.78 is 5.53. The molecule has 0 atom stereocenters. The van der Waals surface area contributed by atoms with Crippen molar-refractivity contribution in [2.75, 3.05) is 49.6 Å². The number of rotatable bonds is 6. The number of hydrogen-bond donors (Lipinski definition) is 3. The highest BCUT2D eigenvalue weighted by Gasteiger charge is 2.49. The van der Waals surface area contributed by atoms with Crippen LogP contribution in [0.25, 0.3) is 5.57 Å². The summed E-state index contributed by atoms with van der Waals surface area (Å²) in [7, 11) is 1.55. The van der Waals surface area contributed by atoms with E-state index in [1.807, 2.05) is 35.2 Å². The molecule has 10 nitrogen and oxygen atoms in total. The maximum Gasteiger partial charge on any atom is 0.321 e. The number of nitrogens with one attached hydrogen (secondary N) is 2. The summed E-state index contributed by atoms with van der Waals surface area (Å²) >= 11 is 0. The zero-order valence-electron chi connectivity index (χ0n) is 22.1. The Morgan fingerprint density at radius 2 is 1.69 bits per heavy atom. The van der Waals surface area contributed by atoms with E-state index >= 15 is 0 Å². The van der Waals surface area contributed by atoms with Gasteiger partial charge in [0.15, 0.2) is 0 Å². The number of anilines is 2. The summed E-state index contributed by atoms with van der Waals surface area (Å²) in [6.07, 6.45) is 5.38. The van der Waals surface area contributed by atoms with Gasteiger partial charge < -0.3 is 31.0 Å². The average molecular weight is 531 g/mol. The Bertz CT molecular complexity index is 1310. The molecule has 2 aromatic carbocycles. The third-order valence-corrected chi connectivity index (χ3v) is 8.17. The second kappa shape index (κ2) is 10.8. The van der Waals surface area contributed by atoms with Gasteiger partial charge in [0.25, 0.3) is 5.91 Å². The van der Waals surface area contributed by atoms with E-state index in [0.717, 1.165) is 24.2 Å². The molecule has 0 unspecified atom stereocenters. The number of ether oxygens (including phenoxy) is 1. The molecule has 10 heteroatoms. The first-order valence-electron chi connectivity index (χ1n) is 13.3. The summed E-state index contributed by atoms with van der Waals surface area (Å²) in [5.74, 6) is 0.570. The van der Waals surface area contributed by atoms with Crippen LogP contribution in [0.5, 0.6) is 5.75 Å². The molecule has 0 radical (unpaired) electrons. The maximum atomic E-state index is 13.7. The number of urea groups is 1. The van der Waals surface area contributed by atoms with E-state index in [0.29, 0.717) is 68.0 Å². The van der Waals surface area contributed by atoms with Gasteiger partial charge in [-0.15, -0.1) is 0 Å². The van der Waals surface area contributed by atoms with Crippen LogP contribution in [0.15, 0.2) is 48.7 Å². The second-order valence-corrected chi connectivity index (χ2v) is 10.2. The molecule has 39 heavy (non-hydrogen) atoms. The van der Waals surface area contributed by atoms with E-state index in [-0.39, 0.29) is 17.8 Å². The normalized spacial score (nSPS) is 19.3. The van der Waals surface area contributed by atoms with Crippen molar-refractivity contribution in [3.8, 4) is 5.75 Å². The van der Waals surface area contributed by atoms with Crippen LogP contribution < -0.4 is 25.6 Å². The van der Waals surface area contributed by atoms with Gasteiger partial charge in [-0.1, -0.05) is 0 Å². The molecule has 1 spiro atoms. The highest BCUT2D eigenvalue weighted by Crippen LogP contribution is 2.44. The molecule has 2 aromatic rings. The third-order valence-electron chi connectivity index (χ3n) is 8.17. The Morgan fingerprint density at radius 1 is 1.00 bits per heavy atom. The lowest BCUT2D eigenvalue weighted by Crippen LogP contribution is -2.47. The zero-order chi connectivity index (χ0) is 27.6. The SMILES string of the molecule is COc1cc(N2CCC3(CCN(C(=O)c4ccc(N5CCCNC5=O)cc4)CC3)C2=O)ccc1/C(C=N)=C/N. The number of amides is 4. The largest absolute Gasteiger partial charge is 0.496 e. The smallest absolute Gasteiger partial charge is 0.321 e. The molecule has 0 saturated carbocycles. The minimum absolute atomic E-state index is 0.0583. The fourth-order valence-corrected chi connectivity index (χ4v) is 5.81. The van der Waals surface area contributed by atoms with Gasteiger partial charge in [-0.05, 0) is 62.1 Å². The third kappa shape index (κ3) is 4.82. The van der Waals surface area contributed by atoms with Crippen molar-refractivity contribution in [2.45, 2.75) is 25.7 Å². The molecule has 4 N–H and O–H groups in total. The van der Waals surface area contributed by atoms with Crippen LogP contribution in [-0.4, -0.2) is 68.8 Å². The Hall–Kier alpha value is -4.34. The Kier molecular flexibility index (Phi) is 7.28. The zero-order valence-corrected chi connectivity index (χ0v) is 22.1. The number of allylic oxidation sites excluding steroid dienone is 1. The Labute approximate surface area is 227 Å². The number of methoxy groups -OCH3 is 1. The van der Waals surface area contributed by atoms with E-state index in [1.165, 1.54) is 12.4 Å². The van der Waals surface area contributed by atoms with Gasteiger partial charge in [0, 0.05) is 79.3 Å². The van der Waals surface area contributed by atoms with Gasteiger partial charge in [0.05, 0.1) is 12.5 Å². The van der Waals surface area contributed by atoms with Gasteiger partial charge in [-0.2, -0.15) is 0 Å². The first-order valence-corrected chi connectivity index (χ1v) is 13.3. The van der Waals surface area contributed by atoms with Crippen LogP contribution in [-0.2, 0) is 4.79 Å². The summed E-state index contributed by atoms with van der Waals surface area (Å²) in [6, 6.07) is 12.5. The number of nitrogens with zero attached hydrogens (tertiary/aromatic N) is 3. The topological polar surface area (TPSA) is 132 Å². The minimum atomic E-state index is -0.481. The van der Waals surface area contributed by atoms with Crippen LogP contribution in [0.2, 0.25) is 0 Å². The van der Waals surface area contributed by atoms with Crippen molar-refractivity contribution in [2.24, 2.45) is 11.1 Å². The van der Waals surface area contributed by atoms with Crippen molar-refractivity contribution < 1.29 is 19.1 Å². The molecule has 0 aliphatic carbocycles. The van der Waals surface area contributed by atoms with Crippen LogP contribution >= 0.6 is 0 Å². The molecule has 3 aliphatic rings. The average Bonchev–Trinajstić information content (AvgIpc) is 3.29. The van der Waals surface area contributed by atoms with Gasteiger partial charge >= 0.3 is 6.03 Å². The Balaban J connectivity index is 1.24. The number of carbonyl (C=O) groups is 3. The molecule has 3 heterocycles. The molecular weight excluding hydrogens is 496 g/mol. The Morgan fingerprint density at radius 3 is 2.33 bits per heavy atom. The van der Waals surface area contributed by atoms with Crippen LogP contribution in [0, 0.1) is 10.8 Å². The van der Waals surface area contributed by atoms with E-state index < -0.39 is 5.41 Å². The van der Waals surface area contributed by atoms with E-state index in [4.69, 9.17) is 15.9 Å². The molecule has 0 aromatic heterocycles. The lowest BCUT2D eigenvalue weighted by atomic mass is 9.77. The standard InChI is InChI=1S/C29H34N6O4/c1-39-25-17-23(7-8-24(25)21(18-30)19-31)34-16-11-29(27(34)37)9-14-33(15-10-29)26(36)20-3-5-22(6-4-20)35-13-2-12-32-28(35)38/h3-8,17-19,30H,2,9-16,31H2,1H3,(H,32,38)/b21-19+,30-18?. The predicted octanol–water partition coefficient (Wildman–Crippen LogP) is 3.22. The highest BCUT2D eigenvalue weighted by molar-refractivity contribution is 6.09. The molecule has 5 rings (SSSR count). The van der Waals surface area contributed by atoms with Crippen molar-refractivity contribution in [1.82, 2.24) is 10.2 Å². The summed E-state index contributed by atoms with van der Waals surface area (Å²) in [5.41, 5.74) is 8.50. The van der Waals surface area contributed by atoms with Crippen molar-refractivity contribution in [3.05, 3.63) is 59.8 Å². The van der Waals surface area contributed by atoms with Gasteiger partial charge in [0.2, 0.25) is 5.91 Å². The molecule has 204 valence electrons. The van der Waals surface area contributed by atoms with E-state index in [1.54, 1.807) is 29.0 Å². The summed E-state index contributed by atoms with van der Waals surface area (Å²) in [5, 5.41) is 10.4. The number of piperidine rings is 1. The first-order chi connectivity index (χ1) is 18.9. The number of benzene rings is 2. The molecule has 3 aliphatic heterocycles. The van der Waals surface area contributed by atoms with Gasteiger partial charge in [-0.25, -0.2) is 4.79 Å². The number of hydrogen-bond acceptors (Lipinski definition) is 6. The van der Waals surface area contributed by atoms with E-state index in [9.17, 15) is 14.4 Å². The molecule has 4 amide bonds. The van der Waals surface area contributed by atoms with Crippen LogP contribution in [0.4, 0.5) is 16.2 Å². The number of carbonyl (C=O) groups excluding carboxylic acids is 3. The lowest BCUT2D eigenvalue weighted by Gasteiger charge is -2.38. The fraction of sp³-hybridized carbons (Fsp3) is 0.379. The maximum absolute atomic E-state index is 13.7. The summed E-state index contributed by atoms with van der Waals surface area (Å²) in [6.45, 7) is 2.97. The van der Waals surface area contributed by atoms with Crippen LogP contribution in [0.3, 0.4) is 0 Å². The molecule has 3 fully saturated rings. The summed E-state index contributed by atoms with van der Waals surface area (Å²) in [4.78, 5) is 44.3. The van der Waals surface area contributed by atoms with Gasteiger partial charge in [-0.3, -0.25) is 14.5 Å². The van der Waals surface area contributed by atoms with Crippen molar-refractivity contribution in [3.63, 3.8) is 0 Å². The molecule has 3 saturated heterocycles. The lowest BCUT2D eigenvalue weighted by molar-refractivity contribution is -0.127.